The number of methoxy groups -OCH3 is 1. The minimum absolute atomic E-state index is 0.0444. The average molecular weight is 472 g/mol. The molecule has 33 heavy (non-hydrogen) atoms. The number of aliphatic carboxylic acids is 1. The van der Waals surface area contributed by atoms with Crippen molar-refractivity contribution in [1.29, 1.82) is 5.26 Å². The lowest BCUT2D eigenvalue weighted by Crippen LogP contribution is -2.53. The van der Waals surface area contributed by atoms with Crippen LogP contribution in [-0.2, 0) is 10.2 Å². The molecular formula is C25H33N3O4S. The van der Waals surface area contributed by atoms with E-state index in [0.717, 1.165) is 5.56 Å². The standard InChI is InChI=1S/C25H33N3O4S/c1-15(2)12-25(23(30)31)13-17(14-26)20(21-27-9-10-33-21)28(25)22(29)16-7-8-18(24(3,4)5)19(11-16)32-6/h7-11,15,17,20,22,29H,12-13H2,1-6H3,(H,30,31)/t17?,20-,22?,25+/m1/s1. The minimum atomic E-state index is -1.40. The molecular weight excluding hydrogens is 438 g/mol. The summed E-state index contributed by atoms with van der Waals surface area (Å²) in [4.78, 5) is 18.8. The van der Waals surface area contributed by atoms with E-state index in [-0.39, 0.29) is 17.8 Å². The molecule has 0 bridgehead atoms. The van der Waals surface area contributed by atoms with E-state index in [1.54, 1.807) is 29.7 Å². The summed E-state index contributed by atoms with van der Waals surface area (Å²) in [6.07, 6.45) is 0.810. The Labute approximate surface area is 199 Å². The van der Waals surface area contributed by atoms with E-state index >= 15 is 0 Å². The minimum Gasteiger partial charge on any atom is -0.496 e. The van der Waals surface area contributed by atoms with Crippen molar-refractivity contribution in [3.8, 4) is 11.8 Å². The van der Waals surface area contributed by atoms with E-state index < -0.39 is 29.7 Å². The van der Waals surface area contributed by atoms with Crippen LogP contribution >= 0.6 is 11.3 Å². The number of aromatic nitrogens is 1. The molecule has 2 heterocycles. The Morgan fingerprint density at radius 1 is 1.42 bits per heavy atom. The fourth-order valence-corrected chi connectivity index (χ4v) is 5.81. The molecule has 1 fully saturated rings. The van der Waals surface area contributed by atoms with Gasteiger partial charge >= 0.3 is 5.97 Å². The molecule has 0 saturated carbocycles. The Kier molecular flexibility index (Phi) is 7.18. The second kappa shape index (κ2) is 9.41. The van der Waals surface area contributed by atoms with Crippen molar-refractivity contribution >= 4 is 17.3 Å². The smallest absolute Gasteiger partial charge is 0.324 e. The molecule has 0 amide bonds. The maximum absolute atomic E-state index is 12.8. The molecule has 2 aromatic rings. The highest BCUT2D eigenvalue weighted by Gasteiger charge is 2.60. The van der Waals surface area contributed by atoms with Gasteiger partial charge < -0.3 is 14.9 Å². The SMILES string of the molecule is COc1cc(C(O)N2[C@@H](c3nccs3)C(C#N)C[C@@]2(CC(C)C)C(=O)O)ccc1C(C)(C)C. The highest BCUT2D eigenvalue weighted by molar-refractivity contribution is 7.09. The lowest BCUT2D eigenvalue weighted by Gasteiger charge is -2.41. The zero-order valence-corrected chi connectivity index (χ0v) is 20.9. The molecule has 2 unspecified atom stereocenters. The predicted octanol–water partition coefficient (Wildman–Crippen LogP) is 4.90. The van der Waals surface area contributed by atoms with Crippen LogP contribution < -0.4 is 4.74 Å². The van der Waals surface area contributed by atoms with Gasteiger partial charge in [-0.3, -0.25) is 4.79 Å². The Morgan fingerprint density at radius 2 is 2.12 bits per heavy atom. The zero-order chi connectivity index (χ0) is 24.6. The van der Waals surface area contributed by atoms with E-state index in [4.69, 9.17) is 4.74 Å². The van der Waals surface area contributed by atoms with Crippen LogP contribution in [0, 0.1) is 23.2 Å². The molecule has 2 N–H and O–H groups in total. The van der Waals surface area contributed by atoms with Gasteiger partial charge in [0.1, 0.15) is 22.5 Å². The number of carbonyl (C=O) groups is 1. The maximum atomic E-state index is 12.8. The zero-order valence-electron chi connectivity index (χ0n) is 20.1. The molecule has 178 valence electrons. The second-order valence-electron chi connectivity index (χ2n) is 10.2. The van der Waals surface area contributed by atoms with Crippen LogP contribution in [0.1, 0.15) is 75.9 Å². The largest absolute Gasteiger partial charge is 0.496 e. The fourth-order valence-electron chi connectivity index (χ4n) is 5.01. The number of aliphatic hydroxyl groups excluding tert-OH is 1. The Morgan fingerprint density at radius 3 is 2.61 bits per heavy atom. The monoisotopic (exact) mass is 471 g/mol. The summed E-state index contributed by atoms with van der Waals surface area (Å²) in [6, 6.07) is 7.17. The number of carboxylic acid groups (broad SMARTS) is 1. The number of nitriles is 1. The summed E-state index contributed by atoms with van der Waals surface area (Å²) in [5.41, 5.74) is -0.0599. The number of nitrogens with zero attached hydrogens (tertiary/aromatic N) is 3. The number of hydrogen-bond donors (Lipinski definition) is 2. The lowest BCUT2D eigenvalue weighted by molar-refractivity contribution is -0.163. The van der Waals surface area contributed by atoms with Crippen LogP contribution in [0.25, 0.3) is 0 Å². The third-order valence-electron chi connectivity index (χ3n) is 6.34. The third kappa shape index (κ3) is 4.63. The molecule has 7 nitrogen and oxygen atoms in total. The first kappa shape index (κ1) is 25.2. The van der Waals surface area contributed by atoms with E-state index in [9.17, 15) is 20.3 Å². The second-order valence-corrected chi connectivity index (χ2v) is 11.1. The first-order valence-electron chi connectivity index (χ1n) is 11.1. The van der Waals surface area contributed by atoms with Crippen molar-refractivity contribution in [2.75, 3.05) is 7.11 Å². The van der Waals surface area contributed by atoms with Gasteiger partial charge in [-0.2, -0.15) is 5.26 Å². The summed E-state index contributed by atoms with van der Waals surface area (Å²) < 4.78 is 5.62. The fraction of sp³-hybridized carbons (Fsp3) is 0.560. The van der Waals surface area contributed by atoms with Crippen molar-refractivity contribution in [2.24, 2.45) is 11.8 Å². The molecule has 0 aliphatic carbocycles. The molecule has 1 aliphatic heterocycles. The quantitative estimate of drug-likeness (QED) is 0.592. The molecule has 1 aromatic heterocycles. The van der Waals surface area contributed by atoms with Gasteiger partial charge in [0, 0.05) is 11.6 Å². The van der Waals surface area contributed by atoms with Gasteiger partial charge in [0.2, 0.25) is 0 Å². The lowest BCUT2D eigenvalue weighted by atomic mass is 9.83. The predicted molar refractivity (Wildman–Crippen MR) is 127 cm³/mol. The Balaban J connectivity index is 2.19. The molecule has 1 aliphatic rings. The number of ether oxygens (including phenoxy) is 1. The van der Waals surface area contributed by atoms with Crippen LogP contribution in [0.5, 0.6) is 5.75 Å². The molecule has 3 rings (SSSR count). The summed E-state index contributed by atoms with van der Waals surface area (Å²) in [7, 11) is 1.58. The van der Waals surface area contributed by atoms with Crippen molar-refractivity contribution in [3.05, 3.63) is 45.9 Å². The topological polar surface area (TPSA) is 107 Å². The highest BCUT2D eigenvalue weighted by atomic mass is 32.1. The normalized spacial score (nSPS) is 24.6. The van der Waals surface area contributed by atoms with Gasteiger partial charge in [0.15, 0.2) is 0 Å². The number of hydrogen-bond acceptors (Lipinski definition) is 7. The highest BCUT2D eigenvalue weighted by Crippen LogP contribution is 2.53. The van der Waals surface area contributed by atoms with Crippen molar-refractivity contribution in [2.45, 2.75) is 70.7 Å². The number of carboxylic acids is 1. The van der Waals surface area contributed by atoms with Gasteiger partial charge in [-0.15, -0.1) is 11.3 Å². The number of aliphatic hydroxyl groups is 1. The van der Waals surface area contributed by atoms with E-state index in [2.05, 4.69) is 31.8 Å². The van der Waals surface area contributed by atoms with Crippen LogP contribution in [0.3, 0.4) is 0 Å². The first-order chi connectivity index (χ1) is 15.5. The molecule has 0 radical (unpaired) electrons. The van der Waals surface area contributed by atoms with Crippen LogP contribution in [-0.4, -0.2) is 38.7 Å². The third-order valence-corrected chi connectivity index (χ3v) is 7.19. The first-order valence-corrected chi connectivity index (χ1v) is 12.0. The summed E-state index contributed by atoms with van der Waals surface area (Å²) in [5, 5.41) is 34.5. The van der Waals surface area contributed by atoms with Crippen LogP contribution in [0.4, 0.5) is 0 Å². The Bertz CT molecular complexity index is 1030. The van der Waals surface area contributed by atoms with Crippen molar-refractivity contribution in [1.82, 2.24) is 9.88 Å². The van der Waals surface area contributed by atoms with E-state index in [1.165, 1.54) is 11.3 Å². The van der Waals surface area contributed by atoms with Gasteiger partial charge in [0.25, 0.3) is 0 Å². The summed E-state index contributed by atoms with van der Waals surface area (Å²) >= 11 is 1.37. The van der Waals surface area contributed by atoms with Crippen LogP contribution in [0.2, 0.25) is 0 Å². The number of rotatable bonds is 7. The number of benzene rings is 1. The summed E-state index contributed by atoms with van der Waals surface area (Å²) in [5.74, 6) is -0.974. The van der Waals surface area contributed by atoms with E-state index in [1.807, 2.05) is 26.0 Å². The maximum Gasteiger partial charge on any atom is 0.324 e. The van der Waals surface area contributed by atoms with Gasteiger partial charge in [-0.05, 0) is 41.4 Å². The molecule has 0 spiro atoms. The van der Waals surface area contributed by atoms with Gasteiger partial charge in [0.05, 0.1) is 25.1 Å². The van der Waals surface area contributed by atoms with Crippen LogP contribution in [0.15, 0.2) is 29.8 Å². The Hall–Kier alpha value is -2.47. The molecule has 1 aromatic carbocycles. The van der Waals surface area contributed by atoms with Crippen molar-refractivity contribution < 1.29 is 19.7 Å². The average Bonchev–Trinajstić information content (AvgIpc) is 3.37. The van der Waals surface area contributed by atoms with Crippen molar-refractivity contribution in [3.63, 3.8) is 0 Å². The molecule has 1 saturated heterocycles. The summed E-state index contributed by atoms with van der Waals surface area (Å²) in [6.45, 7) is 10.1. The number of likely N-dealkylation sites (tertiary alicyclic amines) is 1. The van der Waals surface area contributed by atoms with E-state index in [0.29, 0.717) is 22.7 Å². The number of thiazole rings is 1. The molecule has 4 atom stereocenters. The molecule has 8 heteroatoms. The van der Waals surface area contributed by atoms with Gasteiger partial charge in [-0.25, -0.2) is 9.88 Å². The van der Waals surface area contributed by atoms with Gasteiger partial charge in [-0.1, -0.05) is 46.8 Å².